The lowest BCUT2D eigenvalue weighted by Gasteiger charge is -2.33. The zero-order valence-electron chi connectivity index (χ0n) is 13.3. The highest BCUT2D eigenvalue weighted by Crippen LogP contribution is 2.53. The molecule has 0 radical (unpaired) electrons. The lowest BCUT2D eigenvalue weighted by atomic mass is 9.79. The highest BCUT2D eigenvalue weighted by atomic mass is 16.6. The van der Waals surface area contributed by atoms with E-state index in [1.54, 1.807) is 0 Å². The quantitative estimate of drug-likeness (QED) is 0.758. The van der Waals surface area contributed by atoms with E-state index in [4.69, 9.17) is 9.47 Å². The average molecular weight is 309 g/mol. The Balaban J connectivity index is 2.00. The average Bonchev–Trinajstić information content (AvgIpc) is 2.79. The number of likely N-dealkylation sites (N-methyl/N-ethyl adjacent to an activating group) is 1. The van der Waals surface area contributed by atoms with Crippen LogP contribution < -0.4 is 4.74 Å². The Hall–Kier alpha value is -2.33. The second-order valence-electron chi connectivity index (χ2n) is 6.37. The van der Waals surface area contributed by atoms with Gasteiger partial charge in [-0.25, -0.2) is 0 Å². The molecule has 0 N–H and O–H groups in total. The Kier molecular flexibility index (Phi) is 3.16. The zero-order chi connectivity index (χ0) is 16.0. The largest absolute Gasteiger partial charge is 0.457 e. The fourth-order valence-electron chi connectivity index (χ4n) is 3.96. The third kappa shape index (κ3) is 2.13. The summed E-state index contributed by atoms with van der Waals surface area (Å²) in [7, 11) is 2.06. The third-order valence-corrected chi connectivity index (χ3v) is 4.75. The molecular weight excluding hydrogens is 290 g/mol. The molecule has 0 spiro atoms. The maximum Gasteiger partial charge on any atom is 0.303 e. The van der Waals surface area contributed by atoms with E-state index in [0.29, 0.717) is 6.54 Å². The Labute approximate surface area is 135 Å². The highest BCUT2D eigenvalue weighted by molar-refractivity contribution is 5.68. The van der Waals surface area contributed by atoms with Gasteiger partial charge >= 0.3 is 5.97 Å². The summed E-state index contributed by atoms with van der Waals surface area (Å²) >= 11 is 0. The minimum absolute atomic E-state index is 0.0521. The summed E-state index contributed by atoms with van der Waals surface area (Å²) in [5.74, 6) is 1.39. The van der Waals surface area contributed by atoms with E-state index < -0.39 is 5.60 Å². The SMILES string of the molecule is CC(=O)O[C@@]12CN(C)C[C@@H]1c1ccccc1Oc1ccccc12. The fourth-order valence-corrected chi connectivity index (χ4v) is 3.96. The second-order valence-corrected chi connectivity index (χ2v) is 6.37. The van der Waals surface area contributed by atoms with Crippen LogP contribution >= 0.6 is 0 Å². The Morgan fingerprint density at radius 2 is 1.87 bits per heavy atom. The molecule has 0 amide bonds. The van der Waals surface area contributed by atoms with Crippen LogP contribution in [0.3, 0.4) is 0 Å². The number of esters is 1. The predicted molar refractivity (Wildman–Crippen MR) is 86.6 cm³/mol. The number of nitrogens with zero attached hydrogens (tertiary/aromatic N) is 1. The van der Waals surface area contributed by atoms with Gasteiger partial charge in [0.05, 0.1) is 0 Å². The van der Waals surface area contributed by atoms with Gasteiger partial charge < -0.3 is 14.4 Å². The van der Waals surface area contributed by atoms with Crippen LogP contribution in [-0.2, 0) is 15.1 Å². The number of carbonyl (C=O) groups is 1. The number of fused-ring (bicyclic) bond motifs is 5. The van der Waals surface area contributed by atoms with Gasteiger partial charge in [0.25, 0.3) is 0 Å². The van der Waals surface area contributed by atoms with Gasteiger partial charge in [0, 0.05) is 37.1 Å². The number of ether oxygens (including phenoxy) is 2. The van der Waals surface area contributed by atoms with Crippen molar-refractivity contribution in [3.8, 4) is 11.5 Å². The maximum absolute atomic E-state index is 11.9. The normalized spacial score (nSPS) is 25.6. The molecule has 1 saturated heterocycles. The molecule has 0 bridgehead atoms. The van der Waals surface area contributed by atoms with Crippen LogP contribution in [0.15, 0.2) is 48.5 Å². The lowest BCUT2D eigenvalue weighted by molar-refractivity contribution is -0.158. The van der Waals surface area contributed by atoms with E-state index in [-0.39, 0.29) is 11.9 Å². The van der Waals surface area contributed by atoms with Crippen molar-refractivity contribution in [3.63, 3.8) is 0 Å². The van der Waals surface area contributed by atoms with Gasteiger partial charge in [0.1, 0.15) is 11.5 Å². The van der Waals surface area contributed by atoms with Crippen molar-refractivity contribution in [2.24, 2.45) is 0 Å². The molecule has 0 saturated carbocycles. The van der Waals surface area contributed by atoms with Crippen LogP contribution in [0.25, 0.3) is 0 Å². The molecule has 23 heavy (non-hydrogen) atoms. The van der Waals surface area contributed by atoms with Crippen LogP contribution in [0.2, 0.25) is 0 Å². The first-order valence-electron chi connectivity index (χ1n) is 7.84. The molecule has 1 fully saturated rings. The Morgan fingerprint density at radius 3 is 2.65 bits per heavy atom. The van der Waals surface area contributed by atoms with Crippen LogP contribution in [0.1, 0.15) is 24.0 Å². The smallest absolute Gasteiger partial charge is 0.303 e. The van der Waals surface area contributed by atoms with Crippen molar-refractivity contribution in [3.05, 3.63) is 59.7 Å². The molecule has 118 valence electrons. The van der Waals surface area contributed by atoms with Crippen molar-refractivity contribution in [1.29, 1.82) is 0 Å². The highest BCUT2D eigenvalue weighted by Gasteiger charge is 2.53. The topological polar surface area (TPSA) is 38.8 Å². The molecule has 0 aliphatic carbocycles. The minimum atomic E-state index is -0.705. The van der Waals surface area contributed by atoms with Crippen molar-refractivity contribution in [2.45, 2.75) is 18.4 Å². The summed E-state index contributed by atoms with van der Waals surface area (Å²) in [6.07, 6.45) is 0. The summed E-state index contributed by atoms with van der Waals surface area (Å²) in [5.41, 5.74) is 1.33. The zero-order valence-corrected chi connectivity index (χ0v) is 13.3. The molecular formula is C19H19NO3. The van der Waals surface area contributed by atoms with Crippen molar-refractivity contribution < 1.29 is 14.3 Å². The van der Waals surface area contributed by atoms with Gasteiger partial charge in [-0.15, -0.1) is 0 Å². The maximum atomic E-state index is 11.9. The number of benzene rings is 2. The lowest BCUT2D eigenvalue weighted by Crippen LogP contribution is -2.38. The molecule has 0 aromatic heterocycles. The summed E-state index contributed by atoms with van der Waals surface area (Å²) < 4.78 is 12.1. The molecule has 2 aromatic rings. The first-order valence-corrected chi connectivity index (χ1v) is 7.84. The molecule has 2 aliphatic rings. The third-order valence-electron chi connectivity index (χ3n) is 4.75. The Bertz CT molecular complexity index is 773. The molecule has 2 aromatic carbocycles. The van der Waals surface area contributed by atoms with E-state index >= 15 is 0 Å². The molecule has 0 unspecified atom stereocenters. The van der Waals surface area contributed by atoms with Crippen molar-refractivity contribution in [1.82, 2.24) is 4.90 Å². The van der Waals surface area contributed by atoms with Crippen LogP contribution in [0, 0.1) is 0 Å². The van der Waals surface area contributed by atoms with Crippen LogP contribution in [0.5, 0.6) is 11.5 Å². The van der Waals surface area contributed by atoms with Crippen LogP contribution in [-0.4, -0.2) is 31.0 Å². The number of carbonyl (C=O) groups excluding carboxylic acids is 1. The first-order chi connectivity index (χ1) is 11.1. The van der Waals surface area contributed by atoms with Crippen LogP contribution in [0.4, 0.5) is 0 Å². The second kappa shape index (κ2) is 5.10. The number of rotatable bonds is 1. The number of likely N-dealkylation sites (tertiary alicyclic amines) is 1. The van der Waals surface area contributed by atoms with E-state index in [0.717, 1.165) is 29.2 Å². The summed E-state index contributed by atoms with van der Waals surface area (Å²) in [4.78, 5) is 14.1. The van der Waals surface area contributed by atoms with Gasteiger partial charge in [-0.05, 0) is 19.2 Å². The molecule has 2 heterocycles. The standard InChI is InChI=1S/C19H19NO3/c1-13(21)23-19-12-20(2)11-16(19)14-7-3-5-9-17(14)22-18-10-6-4-8-15(18)19/h3-10,16H,11-12H2,1-2H3/t16-,19-/m1/s1. The molecule has 4 rings (SSSR count). The van der Waals surface area contributed by atoms with E-state index in [1.165, 1.54) is 6.92 Å². The summed E-state index contributed by atoms with van der Waals surface area (Å²) in [5, 5.41) is 0. The van der Waals surface area contributed by atoms with E-state index in [2.05, 4.69) is 18.0 Å². The molecule has 4 heteroatoms. The first kappa shape index (κ1) is 14.3. The minimum Gasteiger partial charge on any atom is -0.457 e. The van der Waals surface area contributed by atoms with E-state index in [9.17, 15) is 4.79 Å². The number of para-hydroxylation sites is 2. The fraction of sp³-hybridized carbons (Fsp3) is 0.316. The Morgan fingerprint density at radius 1 is 1.17 bits per heavy atom. The molecule has 2 atom stereocenters. The van der Waals surface area contributed by atoms with Gasteiger partial charge in [0.15, 0.2) is 5.60 Å². The van der Waals surface area contributed by atoms with Gasteiger partial charge in [0.2, 0.25) is 0 Å². The summed E-state index contributed by atoms with van der Waals surface area (Å²) in [6.45, 7) is 2.96. The number of hydrogen-bond acceptors (Lipinski definition) is 4. The van der Waals surface area contributed by atoms with Gasteiger partial charge in [-0.3, -0.25) is 4.79 Å². The van der Waals surface area contributed by atoms with Gasteiger partial charge in [-0.2, -0.15) is 0 Å². The van der Waals surface area contributed by atoms with E-state index in [1.807, 2.05) is 42.5 Å². The number of hydrogen-bond donors (Lipinski definition) is 0. The summed E-state index contributed by atoms with van der Waals surface area (Å²) in [6, 6.07) is 15.9. The monoisotopic (exact) mass is 309 g/mol. The molecule has 2 aliphatic heterocycles. The predicted octanol–water partition coefficient (Wildman–Crippen LogP) is 3.28. The van der Waals surface area contributed by atoms with Crippen molar-refractivity contribution >= 4 is 5.97 Å². The van der Waals surface area contributed by atoms with Gasteiger partial charge in [-0.1, -0.05) is 36.4 Å². The molecule has 4 nitrogen and oxygen atoms in total. The van der Waals surface area contributed by atoms with Crippen molar-refractivity contribution in [2.75, 3.05) is 20.1 Å².